The fourth-order valence-electron chi connectivity index (χ4n) is 1.68. The molecule has 0 saturated carbocycles. The van der Waals surface area contributed by atoms with Crippen molar-refractivity contribution in [2.24, 2.45) is 0 Å². The molecule has 4 heteroatoms. The highest BCUT2D eigenvalue weighted by molar-refractivity contribution is 14.1. The second-order valence-corrected chi connectivity index (χ2v) is 5.07. The number of benzene rings is 1. The molecule has 3 nitrogen and oxygen atoms in total. The molecule has 0 radical (unpaired) electrons. The minimum atomic E-state index is -0.110. The number of hydrogen-bond acceptors (Lipinski definition) is 2. The molecule has 0 aliphatic carbocycles. The monoisotopic (exact) mass is 352 g/mol. The minimum absolute atomic E-state index is 0.110. The van der Waals surface area contributed by atoms with Gasteiger partial charge in [0.05, 0.1) is 0 Å². The number of pyridine rings is 1. The number of nitrogens with zero attached hydrogens (tertiary/aromatic N) is 1. The van der Waals surface area contributed by atoms with Gasteiger partial charge in [0.25, 0.3) is 5.91 Å². The van der Waals surface area contributed by atoms with Crippen LogP contribution < -0.4 is 5.32 Å². The van der Waals surface area contributed by atoms with Crippen molar-refractivity contribution in [2.75, 3.05) is 5.32 Å². The number of halogens is 1. The molecule has 0 atom stereocenters. The topological polar surface area (TPSA) is 42.0 Å². The highest BCUT2D eigenvalue weighted by atomic mass is 127. The van der Waals surface area contributed by atoms with Crippen LogP contribution in [0.1, 0.15) is 22.8 Å². The Morgan fingerprint density at radius 2 is 2.06 bits per heavy atom. The Labute approximate surface area is 120 Å². The normalized spacial score (nSPS) is 10.1. The average molecular weight is 352 g/mol. The summed E-state index contributed by atoms with van der Waals surface area (Å²) < 4.78 is 1.04. The summed E-state index contributed by atoms with van der Waals surface area (Å²) >= 11 is 2.18. The molecule has 1 aromatic carbocycles. The van der Waals surface area contributed by atoms with Gasteiger partial charge in [0.1, 0.15) is 5.82 Å². The lowest BCUT2D eigenvalue weighted by Gasteiger charge is -2.08. The maximum Gasteiger partial charge on any atom is 0.257 e. The molecule has 92 valence electrons. The smallest absolute Gasteiger partial charge is 0.257 e. The molecule has 0 saturated heterocycles. The molecule has 0 bridgehead atoms. The van der Waals surface area contributed by atoms with Crippen molar-refractivity contribution in [3.63, 3.8) is 0 Å². The molecule has 1 amide bonds. The van der Waals surface area contributed by atoms with Gasteiger partial charge in [-0.3, -0.25) is 4.79 Å². The number of nitrogens with one attached hydrogen (secondary N) is 1. The number of rotatable bonds is 3. The fourth-order valence-corrected chi connectivity index (χ4v) is 2.00. The molecule has 0 aliphatic rings. The van der Waals surface area contributed by atoms with Crippen LogP contribution in [0.2, 0.25) is 0 Å². The third-order valence-electron chi connectivity index (χ3n) is 2.61. The van der Waals surface area contributed by atoms with Crippen molar-refractivity contribution in [3.05, 3.63) is 57.3 Å². The molecule has 2 rings (SSSR count). The summed E-state index contributed by atoms with van der Waals surface area (Å²) in [6, 6.07) is 11.3. The molecular formula is C14H13IN2O. The van der Waals surface area contributed by atoms with Gasteiger partial charge in [0, 0.05) is 15.3 Å². The zero-order valence-corrected chi connectivity index (χ0v) is 12.1. The maximum atomic E-state index is 12.1. The van der Waals surface area contributed by atoms with Gasteiger partial charge in [0.2, 0.25) is 0 Å². The molecule has 1 heterocycles. The van der Waals surface area contributed by atoms with E-state index in [0.717, 1.165) is 15.6 Å². The van der Waals surface area contributed by atoms with Crippen molar-refractivity contribution in [1.82, 2.24) is 4.98 Å². The van der Waals surface area contributed by atoms with Crippen LogP contribution in [0.3, 0.4) is 0 Å². The van der Waals surface area contributed by atoms with Crippen molar-refractivity contribution in [3.8, 4) is 0 Å². The highest BCUT2D eigenvalue weighted by Crippen LogP contribution is 2.13. The van der Waals surface area contributed by atoms with Crippen LogP contribution in [0.5, 0.6) is 0 Å². The first-order chi connectivity index (χ1) is 8.70. The molecular weight excluding hydrogens is 339 g/mol. The second kappa shape index (κ2) is 5.95. The molecule has 0 spiro atoms. The Bertz CT molecular complexity index is 552. The molecule has 18 heavy (non-hydrogen) atoms. The number of carbonyl (C=O) groups excluding carboxylic acids is 1. The molecule has 0 unspecified atom stereocenters. The second-order valence-electron chi connectivity index (χ2n) is 3.83. The SMILES string of the molecule is CCc1ccccc1C(=O)Nc1ccc(I)cn1. The van der Waals surface area contributed by atoms with Crippen molar-refractivity contribution < 1.29 is 4.79 Å². The lowest BCUT2D eigenvalue weighted by Crippen LogP contribution is -2.14. The summed E-state index contributed by atoms with van der Waals surface area (Å²) in [4.78, 5) is 16.3. The van der Waals surface area contributed by atoms with Gasteiger partial charge in [-0.2, -0.15) is 0 Å². The highest BCUT2D eigenvalue weighted by Gasteiger charge is 2.10. The Morgan fingerprint density at radius 1 is 1.28 bits per heavy atom. The van der Waals surface area contributed by atoms with Crippen LogP contribution in [0.4, 0.5) is 5.82 Å². The zero-order chi connectivity index (χ0) is 13.0. The minimum Gasteiger partial charge on any atom is -0.307 e. The van der Waals surface area contributed by atoms with Gasteiger partial charge in [0.15, 0.2) is 0 Å². The van der Waals surface area contributed by atoms with Crippen LogP contribution in [0.15, 0.2) is 42.6 Å². The number of aryl methyl sites for hydroxylation is 1. The number of aromatic nitrogens is 1. The van der Waals surface area contributed by atoms with Gasteiger partial charge in [-0.15, -0.1) is 0 Å². The number of anilines is 1. The van der Waals surface area contributed by atoms with Crippen LogP contribution >= 0.6 is 22.6 Å². The Balaban J connectivity index is 2.19. The summed E-state index contributed by atoms with van der Waals surface area (Å²) in [6.07, 6.45) is 2.56. The van der Waals surface area contributed by atoms with E-state index in [1.165, 1.54) is 0 Å². The van der Waals surface area contributed by atoms with Gasteiger partial charge in [-0.25, -0.2) is 4.98 Å². The van der Waals surface area contributed by atoms with E-state index in [1.807, 2.05) is 37.3 Å². The van der Waals surface area contributed by atoms with Gasteiger partial charge < -0.3 is 5.32 Å². The van der Waals surface area contributed by atoms with E-state index in [9.17, 15) is 4.79 Å². The van der Waals surface area contributed by atoms with E-state index in [0.29, 0.717) is 11.4 Å². The van der Waals surface area contributed by atoms with E-state index in [-0.39, 0.29) is 5.91 Å². The van der Waals surface area contributed by atoms with Crippen LogP contribution in [-0.4, -0.2) is 10.9 Å². The summed E-state index contributed by atoms with van der Waals surface area (Å²) in [6.45, 7) is 2.04. The van der Waals surface area contributed by atoms with Crippen molar-refractivity contribution >= 4 is 34.3 Å². The molecule has 2 aromatic rings. The Hall–Kier alpha value is -1.43. The van der Waals surface area contributed by atoms with E-state index < -0.39 is 0 Å². The van der Waals surface area contributed by atoms with E-state index >= 15 is 0 Å². The first-order valence-electron chi connectivity index (χ1n) is 5.71. The summed E-state index contributed by atoms with van der Waals surface area (Å²) in [7, 11) is 0. The number of carbonyl (C=O) groups is 1. The largest absolute Gasteiger partial charge is 0.307 e. The average Bonchev–Trinajstić information content (AvgIpc) is 2.41. The first kappa shape index (κ1) is 13.0. The zero-order valence-electron chi connectivity index (χ0n) is 9.98. The third kappa shape index (κ3) is 3.07. The van der Waals surface area contributed by atoms with Gasteiger partial charge in [-0.1, -0.05) is 25.1 Å². The Morgan fingerprint density at radius 3 is 2.72 bits per heavy atom. The van der Waals surface area contributed by atoms with E-state index in [2.05, 4.69) is 32.9 Å². The quantitative estimate of drug-likeness (QED) is 0.860. The first-order valence-corrected chi connectivity index (χ1v) is 6.79. The number of amides is 1. The predicted octanol–water partition coefficient (Wildman–Crippen LogP) is 3.50. The Kier molecular flexibility index (Phi) is 4.30. The van der Waals surface area contributed by atoms with Gasteiger partial charge >= 0.3 is 0 Å². The van der Waals surface area contributed by atoms with Gasteiger partial charge in [-0.05, 0) is 52.8 Å². The third-order valence-corrected chi connectivity index (χ3v) is 3.25. The molecule has 0 aliphatic heterocycles. The van der Waals surface area contributed by atoms with E-state index in [1.54, 1.807) is 12.3 Å². The van der Waals surface area contributed by atoms with E-state index in [4.69, 9.17) is 0 Å². The van der Waals surface area contributed by atoms with Crippen molar-refractivity contribution in [2.45, 2.75) is 13.3 Å². The van der Waals surface area contributed by atoms with Crippen LogP contribution in [-0.2, 0) is 6.42 Å². The fraction of sp³-hybridized carbons (Fsp3) is 0.143. The summed E-state index contributed by atoms with van der Waals surface area (Å²) in [5.74, 6) is 0.465. The van der Waals surface area contributed by atoms with Crippen LogP contribution in [0.25, 0.3) is 0 Å². The lowest BCUT2D eigenvalue weighted by molar-refractivity contribution is 0.102. The maximum absolute atomic E-state index is 12.1. The standard InChI is InChI=1S/C14H13IN2O/c1-2-10-5-3-4-6-12(10)14(18)17-13-8-7-11(15)9-16-13/h3-9H,2H2,1H3,(H,16,17,18). The summed E-state index contributed by atoms with van der Waals surface area (Å²) in [5, 5.41) is 2.81. The predicted molar refractivity (Wildman–Crippen MR) is 80.7 cm³/mol. The molecule has 0 fully saturated rings. The summed E-state index contributed by atoms with van der Waals surface area (Å²) in [5.41, 5.74) is 1.75. The molecule has 1 N–H and O–H groups in total. The van der Waals surface area contributed by atoms with Crippen LogP contribution in [0, 0.1) is 3.57 Å². The lowest BCUT2D eigenvalue weighted by atomic mass is 10.0. The molecule has 1 aromatic heterocycles. The van der Waals surface area contributed by atoms with Crippen molar-refractivity contribution in [1.29, 1.82) is 0 Å². The number of hydrogen-bond donors (Lipinski definition) is 1.